The van der Waals surface area contributed by atoms with E-state index in [0.29, 0.717) is 17.0 Å². The number of aromatic hydroxyl groups is 2. The summed E-state index contributed by atoms with van der Waals surface area (Å²) in [4.78, 5) is 4.25. The van der Waals surface area contributed by atoms with Gasteiger partial charge in [0.15, 0.2) is 12.2 Å². The van der Waals surface area contributed by atoms with Crippen LogP contribution < -0.4 is 0 Å². The Morgan fingerprint density at radius 2 is 1.73 bits per heavy atom. The molecule has 4 nitrogen and oxygen atoms in total. The lowest BCUT2D eigenvalue weighted by molar-refractivity contribution is 0.445. The minimum atomic E-state index is -0.0204. The summed E-state index contributed by atoms with van der Waals surface area (Å²) in [5.41, 5.74) is 2.75. The lowest BCUT2D eigenvalue weighted by Crippen LogP contribution is -1.91. The van der Waals surface area contributed by atoms with Crippen LogP contribution in [-0.4, -0.2) is 15.2 Å². The molecule has 0 amide bonds. The minimum absolute atomic E-state index is 0.0204. The fraction of sp³-hybridized carbons (Fsp3) is 0.167. The second kappa shape index (κ2) is 5.56. The van der Waals surface area contributed by atoms with Gasteiger partial charge in [-0.15, -0.1) is 0 Å². The topological polar surface area (TPSA) is 66.5 Å². The molecule has 3 aromatic rings. The highest BCUT2D eigenvalue weighted by molar-refractivity contribution is 5.80. The van der Waals surface area contributed by atoms with Crippen molar-refractivity contribution >= 4 is 0 Å². The third kappa shape index (κ3) is 2.44. The van der Waals surface area contributed by atoms with Crippen LogP contribution in [0.25, 0.3) is 22.6 Å². The first-order valence-corrected chi connectivity index (χ1v) is 7.13. The average molecular weight is 295 g/mol. The Morgan fingerprint density at radius 1 is 1.00 bits per heavy atom. The Labute approximate surface area is 128 Å². The van der Waals surface area contributed by atoms with Crippen LogP contribution in [-0.2, 0) is 0 Å². The normalized spacial score (nSPS) is 11.0. The molecule has 2 aromatic carbocycles. The molecule has 3 rings (SSSR count). The third-order valence-electron chi connectivity index (χ3n) is 3.63. The van der Waals surface area contributed by atoms with Gasteiger partial charge in [-0.25, -0.2) is 4.98 Å². The Hall–Kier alpha value is -2.75. The van der Waals surface area contributed by atoms with E-state index in [4.69, 9.17) is 4.42 Å². The average Bonchev–Trinajstić information content (AvgIpc) is 2.97. The molecule has 1 heterocycles. The van der Waals surface area contributed by atoms with E-state index in [0.717, 1.165) is 11.1 Å². The van der Waals surface area contributed by atoms with E-state index in [-0.39, 0.29) is 17.4 Å². The molecule has 0 radical (unpaired) electrons. The second-order valence-corrected chi connectivity index (χ2v) is 5.48. The van der Waals surface area contributed by atoms with E-state index in [1.54, 1.807) is 6.07 Å². The number of hydrogen-bond donors (Lipinski definition) is 2. The number of phenols is 2. The number of phenolic OH excluding ortho intramolecular Hbond substituents is 2. The molecule has 0 unspecified atom stereocenters. The molecule has 1 aromatic heterocycles. The molecule has 0 atom stereocenters. The molecule has 0 fully saturated rings. The zero-order valence-electron chi connectivity index (χ0n) is 12.4. The van der Waals surface area contributed by atoms with Crippen molar-refractivity contribution in [1.29, 1.82) is 0 Å². The highest BCUT2D eigenvalue weighted by Gasteiger charge is 2.19. The van der Waals surface area contributed by atoms with Crippen LogP contribution in [0.1, 0.15) is 25.3 Å². The zero-order chi connectivity index (χ0) is 15.7. The van der Waals surface area contributed by atoms with E-state index in [1.807, 2.05) is 44.2 Å². The summed E-state index contributed by atoms with van der Waals surface area (Å²) in [7, 11) is 0. The molecule has 112 valence electrons. The fourth-order valence-electron chi connectivity index (χ4n) is 2.48. The first kappa shape index (κ1) is 14.2. The first-order valence-electron chi connectivity index (χ1n) is 7.13. The van der Waals surface area contributed by atoms with Gasteiger partial charge in [0, 0.05) is 17.2 Å². The fourth-order valence-corrected chi connectivity index (χ4v) is 2.48. The maximum atomic E-state index is 10.2. The van der Waals surface area contributed by atoms with Gasteiger partial charge in [0.1, 0.15) is 17.2 Å². The molecule has 0 spiro atoms. The smallest absolute Gasteiger partial charge is 0.182 e. The van der Waals surface area contributed by atoms with Crippen molar-refractivity contribution in [2.75, 3.05) is 0 Å². The molecule has 0 aliphatic carbocycles. The maximum Gasteiger partial charge on any atom is 0.182 e. The molecule has 0 bridgehead atoms. The van der Waals surface area contributed by atoms with Crippen molar-refractivity contribution in [2.24, 2.45) is 0 Å². The van der Waals surface area contributed by atoms with Gasteiger partial charge in [0.05, 0.1) is 0 Å². The summed E-state index contributed by atoms with van der Waals surface area (Å²) in [5, 5.41) is 20.2. The number of rotatable bonds is 3. The minimum Gasteiger partial charge on any atom is -0.508 e. The molecule has 22 heavy (non-hydrogen) atoms. The lowest BCUT2D eigenvalue weighted by Gasteiger charge is -2.12. The van der Waals surface area contributed by atoms with Gasteiger partial charge >= 0.3 is 0 Å². The van der Waals surface area contributed by atoms with Crippen LogP contribution in [0.3, 0.4) is 0 Å². The predicted molar refractivity (Wildman–Crippen MR) is 84.8 cm³/mol. The first-order chi connectivity index (χ1) is 10.6. The van der Waals surface area contributed by atoms with E-state index in [1.165, 1.54) is 12.5 Å². The van der Waals surface area contributed by atoms with Crippen molar-refractivity contribution < 1.29 is 14.6 Å². The van der Waals surface area contributed by atoms with Crippen molar-refractivity contribution in [3.8, 4) is 34.1 Å². The molecule has 2 N–H and O–H groups in total. The summed E-state index contributed by atoms with van der Waals surface area (Å²) in [6.07, 6.45) is 1.36. The van der Waals surface area contributed by atoms with Crippen LogP contribution in [0, 0.1) is 0 Å². The summed E-state index contributed by atoms with van der Waals surface area (Å²) >= 11 is 0. The van der Waals surface area contributed by atoms with E-state index in [2.05, 4.69) is 4.98 Å². The lowest BCUT2D eigenvalue weighted by atomic mass is 9.96. The Bertz CT molecular complexity index is 791. The van der Waals surface area contributed by atoms with Crippen LogP contribution >= 0.6 is 0 Å². The maximum absolute atomic E-state index is 10.2. The Morgan fingerprint density at radius 3 is 2.41 bits per heavy atom. The number of hydrogen-bond acceptors (Lipinski definition) is 4. The standard InChI is InChI=1S/C18H17NO3/c1-11(2)13-8-14(16(21)9-15(13)20)17-18(22-10-19-17)12-6-4-3-5-7-12/h3-11,20-21H,1-2H3. The largest absolute Gasteiger partial charge is 0.508 e. The van der Waals surface area contributed by atoms with E-state index >= 15 is 0 Å². The quantitative estimate of drug-likeness (QED) is 0.744. The number of benzene rings is 2. The molecule has 0 aliphatic heterocycles. The Balaban J connectivity index is 2.18. The van der Waals surface area contributed by atoms with Crippen molar-refractivity contribution in [3.63, 3.8) is 0 Å². The summed E-state index contributed by atoms with van der Waals surface area (Å²) in [6.45, 7) is 3.97. The van der Waals surface area contributed by atoms with Gasteiger partial charge in [0.25, 0.3) is 0 Å². The van der Waals surface area contributed by atoms with Gasteiger partial charge in [-0.05, 0) is 17.5 Å². The number of aromatic nitrogens is 1. The van der Waals surface area contributed by atoms with Gasteiger partial charge in [-0.3, -0.25) is 0 Å². The molecular weight excluding hydrogens is 278 g/mol. The number of nitrogens with zero attached hydrogens (tertiary/aromatic N) is 1. The van der Waals surface area contributed by atoms with Crippen molar-refractivity contribution in [1.82, 2.24) is 4.98 Å². The molecule has 0 saturated carbocycles. The second-order valence-electron chi connectivity index (χ2n) is 5.48. The zero-order valence-corrected chi connectivity index (χ0v) is 12.4. The van der Waals surface area contributed by atoms with Gasteiger partial charge in [-0.2, -0.15) is 0 Å². The molecule has 0 aliphatic rings. The summed E-state index contributed by atoms with van der Waals surface area (Å²) in [6, 6.07) is 12.7. The SMILES string of the molecule is CC(C)c1cc(-c2ncoc2-c2ccccc2)c(O)cc1O. The molecule has 0 saturated heterocycles. The monoisotopic (exact) mass is 295 g/mol. The highest BCUT2D eigenvalue weighted by atomic mass is 16.3. The van der Waals surface area contributed by atoms with Crippen LogP contribution in [0.4, 0.5) is 0 Å². The number of oxazole rings is 1. The third-order valence-corrected chi connectivity index (χ3v) is 3.63. The van der Waals surface area contributed by atoms with Crippen LogP contribution in [0.2, 0.25) is 0 Å². The Kier molecular flexibility index (Phi) is 3.59. The van der Waals surface area contributed by atoms with Crippen LogP contribution in [0.5, 0.6) is 11.5 Å². The molecular formula is C18H17NO3. The van der Waals surface area contributed by atoms with Crippen molar-refractivity contribution in [2.45, 2.75) is 19.8 Å². The van der Waals surface area contributed by atoms with Crippen molar-refractivity contribution in [3.05, 3.63) is 54.4 Å². The van der Waals surface area contributed by atoms with E-state index in [9.17, 15) is 10.2 Å². The molecule has 4 heteroatoms. The van der Waals surface area contributed by atoms with Gasteiger partial charge in [0.2, 0.25) is 0 Å². The van der Waals surface area contributed by atoms with Gasteiger partial charge in [-0.1, -0.05) is 44.2 Å². The highest BCUT2D eigenvalue weighted by Crippen LogP contribution is 2.40. The van der Waals surface area contributed by atoms with E-state index < -0.39 is 0 Å². The summed E-state index contributed by atoms with van der Waals surface area (Å²) < 4.78 is 5.51. The summed E-state index contributed by atoms with van der Waals surface area (Å²) in [5.74, 6) is 0.789. The van der Waals surface area contributed by atoms with Gasteiger partial charge < -0.3 is 14.6 Å². The van der Waals surface area contributed by atoms with Crippen LogP contribution in [0.15, 0.2) is 53.3 Å². The predicted octanol–water partition coefficient (Wildman–Crippen LogP) is 4.54.